The molecule has 0 radical (unpaired) electrons. The first-order chi connectivity index (χ1) is 5.86. The normalized spacial score (nSPS) is 36.8. The molecule has 0 amide bonds. The fourth-order valence-corrected chi connectivity index (χ4v) is 2.38. The van der Waals surface area contributed by atoms with Crippen molar-refractivity contribution in [2.45, 2.75) is 38.1 Å². The molecule has 0 aromatic carbocycles. The summed E-state index contributed by atoms with van der Waals surface area (Å²) in [6.45, 7) is 3.97. The summed E-state index contributed by atoms with van der Waals surface area (Å²) in [5.41, 5.74) is 6.01. The second-order valence-electron chi connectivity index (χ2n) is 4.34. The lowest BCUT2D eigenvalue weighted by Crippen LogP contribution is -2.39. The molecular formula is C10H20N2. The molecular weight excluding hydrogens is 148 g/mol. The smallest absolute Gasteiger partial charge is 0.00676 e. The molecule has 1 heterocycles. The van der Waals surface area contributed by atoms with Gasteiger partial charge in [0.1, 0.15) is 0 Å². The predicted octanol–water partition coefficient (Wildman–Crippen LogP) is 1.21. The molecule has 2 unspecified atom stereocenters. The number of hydrogen-bond donors (Lipinski definition) is 1. The van der Waals surface area contributed by atoms with Crippen molar-refractivity contribution in [1.82, 2.24) is 4.90 Å². The van der Waals surface area contributed by atoms with Gasteiger partial charge in [-0.3, -0.25) is 0 Å². The number of hydrogen-bond acceptors (Lipinski definition) is 2. The van der Waals surface area contributed by atoms with Crippen molar-refractivity contribution in [2.75, 3.05) is 19.6 Å². The zero-order chi connectivity index (χ0) is 8.39. The standard InChI is InChI=1S/C10H20N2/c11-10-4-1-3-9(10)5-8-12-6-2-7-12/h9-10H,1-8,11H2. The van der Waals surface area contributed by atoms with Crippen LogP contribution >= 0.6 is 0 Å². The fourth-order valence-electron chi connectivity index (χ4n) is 2.38. The summed E-state index contributed by atoms with van der Waals surface area (Å²) in [5.74, 6) is 0.839. The van der Waals surface area contributed by atoms with E-state index in [1.165, 1.54) is 51.7 Å². The summed E-state index contributed by atoms with van der Waals surface area (Å²) in [6.07, 6.45) is 6.78. The molecule has 1 saturated carbocycles. The van der Waals surface area contributed by atoms with Crippen molar-refractivity contribution in [3.63, 3.8) is 0 Å². The molecule has 2 heteroatoms. The van der Waals surface area contributed by atoms with Crippen molar-refractivity contribution in [1.29, 1.82) is 0 Å². The molecule has 0 aromatic rings. The van der Waals surface area contributed by atoms with E-state index in [1.54, 1.807) is 0 Å². The van der Waals surface area contributed by atoms with Gasteiger partial charge in [0, 0.05) is 6.04 Å². The molecule has 0 bridgehead atoms. The molecule has 2 fully saturated rings. The van der Waals surface area contributed by atoms with Gasteiger partial charge in [0.25, 0.3) is 0 Å². The molecule has 2 rings (SSSR count). The molecule has 2 atom stereocenters. The van der Waals surface area contributed by atoms with E-state index in [0.29, 0.717) is 6.04 Å². The zero-order valence-electron chi connectivity index (χ0n) is 7.84. The van der Waals surface area contributed by atoms with Gasteiger partial charge < -0.3 is 10.6 Å². The van der Waals surface area contributed by atoms with Crippen LogP contribution in [0.4, 0.5) is 0 Å². The minimum Gasteiger partial charge on any atom is -0.327 e. The fraction of sp³-hybridized carbons (Fsp3) is 1.00. The zero-order valence-corrected chi connectivity index (χ0v) is 7.84. The Morgan fingerprint density at radius 2 is 2.00 bits per heavy atom. The third-order valence-electron chi connectivity index (χ3n) is 3.48. The summed E-state index contributed by atoms with van der Waals surface area (Å²) in [7, 11) is 0. The van der Waals surface area contributed by atoms with Gasteiger partial charge in [0.05, 0.1) is 0 Å². The minimum atomic E-state index is 0.520. The molecule has 0 spiro atoms. The molecule has 0 aromatic heterocycles. The molecule has 1 aliphatic heterocycles. The molecule has 2 N–H and O–H groups in total. The first-order valence-corrected chi connectivity index (χ1v) is 5.34. The third kappa shape index (κ3) is 1.80. The first kappa shape index (κ1) is 8.52. The quantitative estimate of drug-likeness (QED) is 0.686. The van der Waals surface area contributed by atoms with Crippen molar-refractivity contribution in [3.05, 3.63) is 0 Å². The number of likely N-dealkylation sites (tertiary alicyclic amines) is 1. The Bertz CT molecular complexity index is 143. The summed E-state index contributed by atoms with van der Waals surface area (Å²) < 4.78 is 0. The lowest BCUT2D eigenvalue weighted by atomic mass is 9.99. The van der Waals surface area contributed by atoms with Gasteiger partial charge in [0.15, 0.2) is 0 Å². The largest absolute Gasteiger partial charge is 0.327 e. The first-order valence-electron chi connectivity index (χ1n) is 5.34. The van der Waals surface area contributed by atoms with Gasteiger partial charge in [-0.05, 0) is 51.2 Å². The Morgan fingerprint density at radius 1 is 1.17 bits per heavy atom. The van der Waals surface area contributed by atoms with Crippen LogP contribution in [0.3, 0.4) is 0 Å². The van der Waals surface area contributed by atoms with Crippen LogP contribution in [0.2, 0.25) is 0 Å². The maximum absolute atomic E-state index is 6.01. The van der Waals surface area contributed by atoms with Crippen LogP contribution in [0.25, 0.3) is 0 Å². The van der Waals surface area contributed by atoms with Crippen LogP contribution in [0, 0.1) is 5.92 Å². The topological polar surface area (TPSA) is 29.3 Å². The van der Waals surface area contributed by atoms with E-state index < -0.39 is 0 Å². The van der Waals surface area contributed by atoms with Gasteiger partial charge in [-0.1, -0.05) is 6.42 Å². The highest BCUT2D eigenvalue weighted by Gasteiger charge is 2.24. The maximum atomic E-state index is 6.01. The van der Waals surface area contributed by atoms with Crippen molar-refractivity contribution in [2.24, 2.45) is 11.7 Å². The monoisotopic (exact) mass is 168 g/mol. The van der Waals surface area contributed by atoms with E-state index in [9.17, 15) is 0 Å². The van der Waals surface area contributed by atoms with Crippen LogP contribution in [-0.4, -0.2) is 30.6 Å². The average molecular weight is 168 g/mol. The van der Waals surface area contributed by atoms with E-state index in [4.69, 9.17) is 5.73 Å². The Kier molecular flexibility index (Phi) is 2.66. The second kappa shape index (κ2) is 3.75. The number of nitrogens with two attached hydrogens (primary N) is 1. The highest BCUT2D eigenvalue weighted by Crippen LogP contribution is 2.27. The molecule has 1 aliphatic carbocycles. The van der Waals surface area contributed by atoms with E-state index >= 15 is 0 Å². The summed E-state index contributed by atoms with van der Waals surface area (Å²) in [6, 6.07) is 0.520. The highest BCUT2D eigenvalue weighted by atomic mass is 15.2. The van der Waals surface area contributed by atoms with Crippen LogP contribution in [0.1, 0.15) is 32.1 Å². The van der Waals surface area contributed by atoms with E-state index in [0.717, 1.165) is 5.92 Å². The Balaban J connectivity index is 1.64. The highest BCUT2D eigenvalue weighted by molar-refractivity contribution is 4.81. The molecule has 1 saturated heterocycles. The average Bonchev–Trinajstić information content (AvgIpc) is 2.33. The minimum absolute atomic E-state index is 0.520. The van der Waals surface area contributed by atoms with Crippen LogP contribution in [-0.2, 0) is 0 Å². The lowest BCUT2D eigenvalue weighted by Gasteiger charge is -2.32. The van der Waals surface area contributed by atoms with Crippen molar-refractivity contribution >= 4 is 0 Å². The Hall–Kier alpha value is -0.0800. The SMILES string of the molecule is NC1CCCC1CCN1CCC1. The van der Waals surface area contributed by atoms with Gasteiger partial charge >= 0.3 is 0 Å². The van der Waals surface area contributed by atoms with E-state index in [-0.39, 0.29) is 0 Å². The Morgan fingerprint density at radius 3 is 2.50 bits per heavy atom. The van der Waals surface area contributed by atoms with E-state index in [2.05, 4.69) is 4.90 Å². The third-order valence-corrected chi connectivity index (χ3v) is 3.48. The van der Waals surface area contributed by atoms with Crippen LogP contribution < -0.4 is 5.73 Å². The lowest BCUT2D eigenvalue weighted by molar-refractivity contribution is 0.167. The van der Waals surface area contributed by atoms with Crippen molar-refractivity contribution < 1.29 is 0 Å². The molecule has 12 heavy (non-hydrogen) atoms. The van der Waals surface area contributed by atoms with Gasteiger partial charge in [0.2, 0.25) is 0 Å². The second-order valence-corrected chi connectivity index (χ2v) is 4.34. The predicted molar refractivity (Wildman–Crippen MR) is 51.0 cm³/mol. The van der Waals surface area contributed by atoms with Crippen LogP contribution in [0.15, 0.2) is 0 Å². The van der Waals surface area contributed by atoms with Gasteiger partial charge in [-0.2, -0.15) is 0 Å². The van der Waals surface area contributed by atoms with E-state index in [1.807, 2.05) is 0 Å². The van der Waals surface area contributed by atoms with Crippen LogP contribution in [0.5, 0.6) is 0 Å². The molecule has 2 nitrogen and oxygen atoms in total. The summed E-state index contributed by atoms with van der Waals surface area (Å²) >= 11 is 0. The summed E-state index contributed by atoms with van der Waals surface area (Å²) in [4.78, 5) is 2.55. The maximum Gasteiger partial charge on any atom is 0.00676 e. The summed E-state index contributed by atoms with van der Waals surface area (Å²) in [5, 5.41) is 0. The van der Waals surface area contributed by atoms with Crippen molar-refractivity contribution in [3.8, 4) is 0 Å². The Labute approximate surface area is 75.1 Å². The molecule has 70 valence electrons. The number of nitrogens with zero attached hydrogens (tertiary/aromatic N) is 1. The number of rotatable bonds is 3. The van der Waals surface area contributed by atoms with Gasteiger partial charge in [-0.15, -0.1) is 0 Å². The van der Waals surface area contributed by atoms with Gasteiger partial charge in [-0.25, -0.2) is 0 Å². The molecule has 2 aliphatic rings.